The molecule has 2 N–H and O–H groups in total. The number of nitrogens with one attached hydrogen (secondary N) is 2. The molecule has 1 rings (SSSR count). The molecule has 0 saturated heterocycles. The van der Waals surface area contributed by atoms with Crippen LogP contribution in [0.1, 0.15) is 50.5 Å². The molecule has 1 amide bonds. The van der Waals surface area contributed by atoms with Crippen molar-refractivity contribution < 1.29 is 4.79 Å². The molecular formula is C14H23N3O. The Balaban J connectivity index is 2.58. The Bertz CT molecular complexity index is 358. The molecule has 0 saturated carbocycles. The lowest BCUT2D eigenvalue weighted by atomic mass is 10.1. The number of carbonyl (C=O) groups excluding carboxylic acids is 1. The Labute approximate surface area is 109 Å². The molecular weight excluding hydrogens is 226 g/mol. The molecule has 1 heterocycles. The Morgan fingerprint density at radius 2 is 2.00 bits per heavy atom. The lowest BCUT2D eigenvalue weighted by molar-refractivity contribution is 0.0930. The van der Waals surface area contributed by atoms with Crippen LogP contribution in [0.5, 0.6) is 0 Å². The number of nitrogens with zero attached hydrogens (tertiary/aromatic N) is 1. The summed E-state index contributed by atoms with van der Waals surface area (Å²) in [5.41, 5.74) is 1.43. The van der Waals surface area contributed by atoms with Crippen LogP contribution < -0.4 is 10.6 Å². The zero-order valence-electron chi connectivity index (χ0n) is 11.5. The fraction of sp³-hybridized carbons (Fsp3) is 0.571. The van der Waals surface area contributed by atoms with Crippen molar-refractivity contribution >= 4 is 11.6 Å². The Morgan fingerprint density at radius 1 is 1.28 bits per heavy atom. The molecule has 18 heavy (non-hydrogen) atoms. The Morgan fingerprint density at radius 3 is 2.50 bits per heavy atom. The van der Waals surface area contributed by atoms with Crippen LogP contribution in [0, 0.1) is 0 Å². The summed E-state index contributed by atoms with van der Waals surface area (Å²) in [6.45, 7) is 7.16. The summed E-state index contributed by atoms with van der Waals surface area (Å²) in [6, 6.07) is 3.89. The van der Waals surface area contributed by atoms with E-state index in [1.165, 1.54) is 0 Å². The molecule has 100 valence electrons. The van der Waals surface area contributed by atoms with Crippen LogP contribution in [0.25, 0.3) is 0 Å². The van der Waals surface area contributed by atoms with Gasteiger partial charge in [-0.25, -0.2) is 4.98 Å². The van der Waals surface area contributed by atoms with Gasteiger partial charge in [-0.05, 0) is 31.4 Å². The highest BCUT2D eigenvalue weighted by Gasteiger charge is 2.11. The molecule has 0 unspecified atom stereocenters. The fourth-order valence-corrected chi connectivity index (χ4v) is 1.65. The van der Waals surface area contributed by atoms with E-state index in [1.54, 1.807) is 12.3 Å². The van der Waals surface area contributed by atoms with E-state index >= 15 is 0 Å². The zero-order valence-corrected chi connectivity index (χ0v) is 11.5. The molecule has 0 fully saturated rings. The summed E-state index contributed by atoms with van der Waals surface area (Å²) >= 11 is 0. The average molecular weight is 249 g/mol. The number of hydrogen-bond acceptors (Lipinski definition) is 3. The van der Waals surface area contributed by atoms with Crippen LogP contribution in [0.2, 0.25) is 0 Å². The van der Waals surface area contributed by atoms with Crippen molar-refractivity contribution in [2.24, 2.45) is 0 Å². The first kappa shape index (κ1) is 14.5. The molecule has 0 radical (unpaired) electrons. The highest BCUT2D eigenvalue weighted by molar-refractivity contribution is 5.92. The molecule has 4 heteroatoms. The molecule has 0 aromatic carbocycles. The third-order valence-electron chi connectivity index (χ3n) is 2.90. The topological polar surface area (TPSA) is 54.0 Å². The summed E-state index contributed by atoms with van der Waals surface area (Å²) in [5.74, 6) is -0.0919. The summed E-state index contributed by atoms with van der Waals surface area (Å²) in [5, 5.41) is 6.20. The maximum absolute atomic E-state index is 11.9. The van der Waals surface area contributed by atoms with Gasteiger partial charge in [-0.15, -0.1) is 0 Å². The first-order chi connectivity index (χ1) is 8.71. The van der Waals surface area contributed by atoms with Crippen molar-refractivity contribution in [2.75, 3.05) is 11.9 Å². The number of hydrogen-bond donors (Lipinski definition) is 2. The van der Waals surface area contributed by atoms with Crippen LogP contribution in [0.3, 0.4) is 0 Å². The van der Waals surface area contributed by atoms with Crippen molar-refractivity contribution in [3.8, 4) is 0 Å². The van der Waals surface area contributed by atoms with Crippen LogP contribution >= 0.6 is 0 Å². The van der Waals surface area contributed by atoms with Crippen molar-refractivity contribution in [3.05, 3.63) is 24.0 Å². The summed E-state index contributed by atoms with van der Waals surface area (Å²) < 4.78 is 0. The molecule has 0 bridgehead atoms. The monoisotopic (exact) mass is 249 g/mol. The third kappa shape index (κ3) is 4.35. The summed E-state index contributed by atoms with van der Waals surface area (Å²) in [4.78, 5) is 16.1. The lowest BCUT2D eigenvalue weighted by Gasteiger charge is -2.14. The van der Waals surface area contributed by atoms with Crippen molar-refractivity contribution in [3.63, 3.8) is 0 Å². The number of pyridine rings is 1. The minimum absolute atomic E-state index is 0.0919. The lowest BCUT2D eigenvalue weighted by Crippen LogP contribution is -2.34. The van der Waals surface area contributed by atoms with Crippen molar-refractivity contribution in [1.29, 1.82) is 0 Å². The van der Waals surface area contributed by atoms with Gasteiger partial charge >= 0.3 is 0 Å². The Hall–Kier alpha value is -1.58. The number of rotatable bonds is 7. The normalized spacial score (nSPS) is 10.4. The second-order valence-electron chi connectivity index (χ2n) is 4.35. The quantitative estimate of drug-likeness (QED) is 0.781. The van der Waals surface area contributed by atoms with Gasteiger partial charge in [0.25, 0.3) is 5.91 Å². The third-order valence-corrected chi connectivity index (χ3v) is 2.90. The summed E-state index contributed by atoms with van der Waals surface area (Å²) in [7, 11) is 0. The zero-order chi connectivity index (χ0) is 13.4. The van der Waals surface area contributed by atoms with Crippen LogP contribution in [0.15, 0.2) is 18.3 Å². The molecule has 0 spiro atoms. The van der Waals surface area contributed by atoms with Gasteiger partial charge in [0.05, 0.1) is 11.9 Å². The van der Waals surface area contributed by atoms with Gasteiger partial charge in [-0.1, -0.05) is 20.8 Å². The van der Waals surface area contributed by atoms with Crippen molar-refractivity contribution in [1.82, 2.24) is 10.3 Å². The predicted octanol–water partition coefficient (Wildman–Crippen LogP) is 2.82. The van der Waals surface area contributed by atoms with E-state index in [1.807, 2.05) is 6.07 Å². The maximum atomic E-state index is 11.9. The van der Waals surface area contributed by atoms with Crippen LogP contribution in [-0.2, 0) is 0 Å². The van der Waals surface area contributed by atoms with Gasteiger partial charge in [0, 0.05) is 12.6 Å². The highest BCUT2D eigenvalue weighted by atomic mass is 16.1. The van der Waals surface area contributed by atoms with E-state index < -0.39 is 0 Å². The van der Waals surface area contributed by atoms with Gasteiger partial charge in [0.1, 0.15) is 5.69 Å². The number of amides is 1. The minimum atomic E-state index is -0.0919. The second-order valence-corrected chi connectivity index (χ2v) is 4.35. The SMILES string of the molecule is CCCNc1ccc(C(=O)NC(CC)CC)nc1. The molecule has 0 atom stereocenters. The average Bonchev–Trinajstić information content (AvgIpc) is 2.42. The van der Waals surface area contributed by atoms with E-state index in [9.17, 15) is 4.79 Å². The van der Waals surface area contributed by atoms with Gasteiger partial charge in [-0.3, -0.25) is 4.79 Å². The first-order valence-electron chi connectivity index (χ1n) is 6.72. The van der Waals surface area contributed by atoms with E-state index in [4.69, 9.17) is 0 Å². The first-order valence-corrected chi connectivity index (χ1v) is 6.72. The van der Waals surface area contributed by atoms with Gasteiger partial charge in [0.15, 0.2) is 0 Å². The van der Waals surface area contributed by atoms with Crippen molar-refractivity contribution in [2.45, 2.75) is 46.1 Å². The van der Waals surface area contributed by atoms with Crippen LogP contribution in [0.4, 0.5) is 5.69 Å². The van der Waals surface area contributed by atoms with Gasteiger partial charge < -0.3 is 10.6 Å². The number of aromatic nitrogens is 1. The largest absolute Gasteiger partial charge is 0.384 e. The number of carbonyl (C=O) groups is 1. The smallest absolute Gasteiger partial charge is 0.270 e. The highest BCUT2D eigenvalue weighted by Crippen LogP contribution is 2.07. The van der Waals surface area contributed by atoms with E-state index in [-0.39, 0.29) is 11.9 Å². The molecule has 0 aliphatic heterocycles. The van der Waals surface area contributed by atoms with Crippen LogP contribution in [-0.4, -0.2) is 23.5 Å². The molecule has 0 aliphatic rings. The molecule has 1 aromatic rings. The Kier molecular flexibility index (Phi) is 6.19. The number of anilines is 1. The molecule has 1 aromatic heterocycles. The van der Waals surface area contributed by atoms with Gasteiger partial charge in [0.2, 0.25) is 0 Å². The maximum Gasteiger partial charge on any atom is 0.270 e. The van der Waals surface area contributed by atoms with E-state index in [0.29, 0.717) is 5.69 Å². The summed E-state index contributed by atoms with van der Waals surface area (Å²) in [6.07, 6.45) is 4.66. The second kappa shape index (κ2) is 7.69. The molecule has 4 nitrogen and oxygen atoms in total. The van der Waals surface area contributed by atoms with E-state index in [2.05, 4.69) is 36.4 Å². The molecule has 0 aliphatic carbocycles. The predicted molar refractivity (Wildman–Crippen MR) is 74.9 cm³/mol. The van der Waals surface area contributed by atoms with Gasteiger partial charge in [-0.2, -0.15) is 0 Å². The fourth-order valence-electron chi connectivity index (χ4n) is 1.65. The standard InChI is InChI=1S/C14H23N3O/c1-4-9-15-12-7-8-13(16-10-12)14(18)17-11(5-2)6-3/h7-8,10-11,15H,4-6,9H2,1-3H3,(H,17,18). The van der Waals surface area contributed by atoms with E-state index in [0.717, 1.165) is 31.5 Å². The minimum Gasteiger partial charge on any atom is -0.384 e.